The van der Waals surface area contributed by atoms with Crippen LogP contribution in [0.3, 0.4) is 0 Å². The van der Waals surface area contributed by atoms with Crippen LogP contribution in [-0.2, 0) is 13.1 Å². The number of nitrogens with zero attached hydrogens (tertiary/aromatic N) is 5. The predicted molar refractivity (Wildman–Crippen MR) is 88.4 cm³/mol. The highest BCUT2D eigenvalue weighted by Gasteiger charge is 2.24. The van der Waals surface area contributed by atoms with Crippen LogP contribution in [0.15, 0.2) is 35.1 Å². The molecule has 24 heavy (non-hydrogen) atoms. The summed E-state index contributed by atoms with van der Waals surface area (Å²) in [5.41, 5.74) is 3.94. The largest absolute Gasteiger partial charge is 0.394 e. The van der Waals surface area contributed by atoms with Crippen LogP contribution in [0.1, 0.15) is 30.0 Å². The fourth-order valence-electron chi connectivity index (χ4n) is 3.49. The molecule has 4 rings (SSSR count). The van der Waals surface area contributed by atoms with E-state index in [1.54, 1.807) is 0 Å². The van der Waals surface area contributed by atoms with Gasteiger partial charge in [0.1, 0.15) is 11.0 Å². The Morgan fingerprint density at radius 2 is 2.21 bits per heavy atom. The molecule has 1 aliphatic heterocycles. The highest BCUT2D eigenvalue weighted by molar-refractivity contribution is 5.76. The van der Waals surface area contributed by atoms with Gasteiger partial charge >= 0.3 is 0 Å². The number of fused-ring (bicyclic) bond motifs is 1. The molecule has 1 aromatic carbocycles. The SMILES string of the molecule is OCCn1ccc([C@@H]2CCCN(Cc3cccc4nonc34)C2)n1. The Labute approximate surface area is 139 Å². The van der Waals surface area contributed by atoms with E-state index in [-0.39, 0.29) is 6.61 Å². The summed E-state index contributed by atoms with van der Waals surface area (Å²) in [5, 5.41) is 21.6. The van der Waals surface area contributed by atoms with E-state index in [4.69, 9.17) is 9.74 Å². The zero-order valence-electron chi connectivity index (χ0n) is 13.5. The lowest BCUT2D eigenvalue weighted by atomic mass is 9.94. The van der Waals surface area contributed by atoms with Crippen LogP contribution in [0, 0.1) is 0 Å². The maximum absolute atomic E-state index is 9.03. The van der Waals surface area contributed by atoms with Crippen molar-refractivity contribution in [3.63, 3.8) is 0 Å². The topological polar surface area (TPSA) is 80.2 Å². The Balaban J connectivity index is 1.47. The second-order valence-electron chi connectivity index (χ2n) is 6.35. The molecule has 3 heterocycles. The third-order valence-corrected chi connectivity index (χ3v) is 4.68. The Bertz CT molecular complexity index is 812. The molecule has 1 N–H and O–H groups in total. The minimum absolute atomic E-state index is 0.119. The van der Waals surface area contributed by atoms with E-state index in [1.807, 2.05) is 23.0 Å². The van der Waals surface area contributed by atoms with Gasteiger partial charge in [-0.05, 0) is 47.4 Å². The van der Waals surface area contributed by atoms with Crippen molar-refractivity contribution in [1.82, 2.24) is 25.0 Å². The molecule has 0 amide bonds. The van der Waals surface area contributed by atoms with Crippen molar-refractivity contribution < 1.29 is 9.74 Å². The highest BCUT2D eigenvalue weighted by atomic mass is 16.6. The molecule has 7 heteroatoms. The quantitative estimate of drug-likeness (QED) is 0.769. The zero-order valence-corrected chi connectivity index (χ0v) is 13.5. The van der Waals surface area contributed by atoms with Gasteiger partial charge in [0, 0.05) is 25.2 Å². The third-order valence-electron chi connectivity index (χ3n) is 4.68. The number of aliphatic hydroxyl groups is 1. The average molecular weight is 327 g/mol. The standard InChI is InChI=1S/C17H21N5O2/c23-10-9-22-8-6-15(18-22)13-4-2-7-21(11-13)12-14-3-1-5-16-17(14)20-24-19-16/h1,3,5-6,8,13,23H,2,4,7,9-12H2/t13-/m1/s1. The van der Waals surface area contributed by atoms with Gasteiger partial charge in [0.25, 0.3) is 0 Å². The minimum Gasteiger partial charge on any atom is -0.394 e. The molecule has 0 unspecified atom stereocenters. The molecule has 3 aromatic rings. The van der Waals surface area contributed by atoms with Gasteiger partial charge in [-0.1, -0.05) is 12.1 Å². The monoisotopic (exact) mass is 327 g/mol. The van der Waals surface area contributed by atoms with Gasteiger partial charge in [-0.2, -0.15) is 5.10 Å². The van der Waals surface area contributed by atoms with Crippen molar-refractivity contribution in [1.29, 1.82) is 0 Å². The van der Waals surface area contributed by atoms with Gasteiger partial charge in [0.05, 0.1) is 18.8 Å². The Hall–Kier alpha value is -2.25. The third kappa shape index (κ3) is 3.05. The lowest BCUT2D eigenvalue weighted by Gasteiger charge is -2.31. The fourth-order valence-corrected chi connectivity index (χ4v) is 3.49. The number of aliphatic hydroxyl groups excluding tert-OH is 1. The Kier molecular flexibility index (Phi) is 4.27. The van der Waals surface area contributed by atoms with Crippen molar-refractivity contribution >= 4 is 11.0 Å². The van der Waals surface area contributed by atoms with E-state index < -0.39 is 0 Å². The summed E-state index contributed by atoms with van der Waals surface area (Å²) in [6, 6.07) is 8.08. The number of likely N-dealkylation sites (tertiary alicyclic amines) is 1. The Morgan fingerprint density at radius 3 is 3.12 bits per heavy atom. The first kappa shape index (κ1) is 15.3. The molecule has 0 bridgehead atoms. The van der Waals surface area contributed by atoms with Crippen molar-refractivity contribution in [3.8, 4) is 0 Å². The molecular weight excluding hydrogens is 306 g/mol. The molecule has 0 radical (unpaired) electrons. The Morgan fingerprint density at radius 1 is 1.25 bits per heavy atom. The number of hydrogen-bond acceptors (Lipinski definition) is 6. The number of rotatable bonds is 5. The number of benzene rings is 1. The molecular formula is C17H21N5O2. The van der Waals surface area contributed by atoms with Gasteiger partial charge in [-0.25, -0.2) is 4.63 Å². The molecule has 1 atom stereocenters. The molecule has 1 aliphatic rings. The van der Waals surface area contributed by atoms with E-state index in [9.17, 15) is 0 Å². The summed E-state index contributed by atoms with van der Waals surface area (Å²) in [6.45, 7) is 3.58. The molecule has 0 saturated carbocycles. The van der Waals surface area contributed by atoms with Crippen LogP contribution in [0.4, 0.5) is 0 Å². The number of piperidine rings is 1. The van der Waals surface area contributed by atoms with Crippen LogP contribution < -0.4 is 0 Å². The van der Waals surface area contributed by atoms with Crippen molar-refractivity contribution in [2.45, 2.75) is 31.8 Å². The maximum atomic E-state index is 9.03. The van der Waals surface area contributed by atoms with Crippen LogP contribution in [0.2, 0.25) is 0 Å². The normalized spacial score (nSPS) is 19.1. The average Bonchev–Trinajstić information content (AvgIpc) is 3.25. The molecule has 126 valence electrons. The van der Waals surface area contributed by atoms with Gasteiger partial charge < -0.3 is 5.11 Å². The fraction of sp³-hybridized carbons (Fsp3) is 0.471. The lowest BCUT2D eigenvalue weighted by molar-refractivity contribution is 0.198. The smallest absolute Gasteiger partial charge is 0.139 e. The van der Waals surface area contributed by atoms with Crippen molar-refractivity contribution in [2.24, 2.45) is 0 Å². The summed E-state index contributed by atoms with van der Waals surface area (Å²) in [5.74, 6) is 0.438. The highest BCUT2D eigenvalue weighted by Crippen LogP contribution is 2.27. The van der Waals surface area contributed by atoms with Gasteiger partial charge in [0.15, 0.2) is 0 Å². The maximum Gasteiger partial charge on any atom is 0.139 e. The van der Waals surface area contributed by atoms with E-state index in [0.29, 0.717) is 12.5 Å². The first-order valence-corrected chi connectivity index (χ1v) is 8.40. The molecule has 0 aliphatic carbocycles. The molecule has 2 aromatic heterocycles. The number of hydrogen-bond donors (Lipinski definition) is 1. The zero-order chi connectivity index (χ0) is 16.4. The van der Waals surface area contributed by atoms with Crippen LogP contribution >= 0.6 is 0 Å². The summed E-state index contributed by atoms with van der Waals surface area (Å²) < 4.78 is 6.67. The predicted octanol–water partition coefficient (Wildman–Crippen LogP) is 1.79. The van der Waals surface area contributed by atoms with Crippen LogP contribution in [-0.4, -0.2) is 49.8 Å². The first-order chi connectivity index (χ1) is 11.8. The lowest BCUT2D eigenvalue weighted by Crippen LogP contribution is -2.34. The van der Waals surface area contributed by atoms with Gasteiger partial charge in [-0.15, -0.1) is 0 Å². The summed E-state index contributed by atoms with van der Waals surface area (Å²) in [4.78, 5) is 2.45. The van der Waals surface area contributed by atoms with E-state index >= 15 is 0 Å². The molecule has 1 fully saturated rings. The van der Waals surface area contributed by atoms with E-state index in [1.165, 1.54) is 0 Å². The summed E-state index contributed by atoms with van der Waals surface area (Å²) >= 11 is 0. The molecule has 7 nitrogen and oxygen atoms in total. The van der Waals surface area contributed by atoms with E-state index in [2.05, 4.69) is 32.4 Å². The number of aromatic nitrogens is 4. The van der Waals surface area contributed by atoms with Crippen LogP contribution in [0.25, 0.3) is 11.0 Å². The van der Waals surface area contributed by atoms with E-state index in [0.717, 1.165) is 54.8 Å². The minimum atomic E-state index is 0.119. The summed E-state index contributed by atoms with van der Waals surface area (Å²) in [6.07, 6.45) is 4.26. The summed E-state index contributed by atoms with van der Waals surface area (Å²) in [7, 11) is 0. The second-order valence-corrected chi connectivity index (χ2v) is 6.35. The second kappa shape index (κ2) is 6.70. The van der Waals surface area contributed by atoms with Crippen molar-refractivity contribution in [3.05, 3.63) is 41.7 Å². The molecule has 1 saturated heterocycles. The molecule has 0 spiro atoms. The first-order valence-electron chi connectivity index (χ1n) is 8.40. The van der Waals surface area contributed by atoms with Gasteiger partial charge in [-0.3, -0.25) is 9.58 Å². The van der Waals surface area contributed by atoms with Crippen molar-refractivity contribution in [2.75, 3.05) is 19.7 Å². The van der Waals surface area contributed by atoms with Crippen LogP contribution in [0.5, 0.6) is 0 Å². The van der Waals surface area contributed by atoms with Gasteiger partial charge in [0.2, 0.25) is 0 Å².